The molecule has 0 saturated carbocycles. The Balaban J connectivity index is 1.43. The zero-order chi connectivity index (χ0) is 19.6. The lowest BCUT2D eigenvalue weighted by Gasteiger charge is -2.34. The Hall–Kier alpha value is -1.80. The molecule has 6 nitrogen and oxygen atoms in total. The first-order valence-electron chi connectivity index (χ1n) is 9.39. The van der Waals surface area contributed by atoms with E-state index in [9.17, 15) is 8.42 Å². The topological polar surface area (TPSA) is 59.1 Å². The average molecular weight is 423 g/mol. The van der Waals surface area contributed by atoms with Crippen molar-refractivity contribution in [2.45, 2.75) is 17.9 Å². The van der Waals surface area contributed by atoms with E-state index in [0.29, 0.717) is 55.9 Å². The number of nitrogens with zero attached hydrogens (tertiary/aromatic N) is 2. The number of piperazine rings is 1. The standard InChI is InChI=1S/C20H23ClN2O4S/c21-17-4-1-3-16(13-17)15-22-7-9-23(10-8-22)28(24,25)18-5-6-19-20(14-18)27-12-2-11-26-19/h1,3-6,13-14H,2,7-12,15H2. The van der Waals surface area contributed by atoms with Gasteiger partial charge in [0.15, 0.2) is 11.5 Å². The van der Waals surface area contributed by atoms with Crippen molar-refractivity contribution in [3.8, 4) is 11.5 Å². The highest BCUT2D eigenvalue weighted by Crippen LogP contribution is 2.33. The first-order valence-corrected chi connectivity index (χ1v) is 11.2. The molecular formula is C20H23ClN2O4S. The Bertz CT molecular complexity index is 943. The Morgan fingerprint density at radius 2 is 1.68 bits per heavy atom. The Kier molecular flexibility index (Phi) is 5.78. The van der Waals surface area contributed by atoms with E-state index in [1.807, 2.05) is 24.3 Å². The van der Waals surface area contributed by atoms with Gasteiger partial charge < -0.3 is 9.47 Å². The van der Waals surface area contributed by atoms with Crippen LogP contribution in [-0.4, -0.2) is 57.0 Å². The predicted octanol–water partition coefficient (Wildman–Crippen LogP) is 3.01. The van der Waals surface area contributed by atoms with Gasteiger partial charge >= 0.3 is 0 Å². The Labute approximate surface area is 170 Å². The minimum absolute atomic E-state index is 0.250. The van der Waals surface area contributed by atoms with Crippen LogP contribution >= 0.6 is 11.6 Å². The largest absolute Gasteiger partial charge is 0.490 e. The van der Waals surface area contributed by atoms with E-state index >= 15 is 0 Å². The van der Waals surface area contributed by atoms with Crippen molar-refractivity contribution in [3.05, 3.63) is 53.1 Å². The van der Waals surface area contributed by atoms with Crippen molar-refractivity contribution < 1.29 is 17.9 Å². The molecule has 0 N–H and O–H groups in total. The van der Waals surface area contributed by atoms with Gasteiger partial charge in [-0.1, -0.05) is 23.7 Å². The third kappa shape index (κ3) is 4.27. The molecule has 0 aliphatic carbocycles. The smallest absolute Gasteiger partial charge is 0.243 e. The molecule has 0 bridgehead atoms. The Morgan fingerprint density at radius 3 is 2.43 bits per heavy atom. The molecule has 2 aliphatic heterocycles. The molecule has 0 unspecified atom stereocenters. The van der Waals surface area contributed by atoms with Crippen molar-refractivity contribution in [1.29, 1.82) is 0 Å². The summed E-state index contributed by atoms with van der Waals surface area (Å²) in [7, 11) is -3.56. The summed E-state index contributed by atoms with van der Waals surface area (Å²) in [6.45, 7) is 4.13. The molecule has 2 heterocycles. The van der Waals surface area contributed by atoms with Gasteiger partial charge in [-0.05, 0) is 29.8 Å². The zero-order valence-electron chi connectivity index (χ0n) is 15.5. The van der Waals surface area contributed by atoms with Crippen LogP contribution in [0.25, 0.3) is 0 Å². The molecule has 150 valence electrons. The van der Waals surface area contributed by atoms with Crippen LogP contribution in [0.5, 0.6) is 11.5 Å². The average Bonchev–Trinajstić information content (AvgIpc) is 2.93. The summed E-state index contributed by atoms with van der Waals surface area (Å²) < 4.78 is 38.9. The third-order valence-electron chi connectivity index (χ3n) is 4.98. The van der Waals surface area contributed by atoms with Gasteiger partial charge in [0.05, 0.1) is 18.1 Å². The van der Waals surface area contributed by atoms with Crippen LogP contribution in [0.15, 0.2) is 47.4 Å². The fraction of sp³-hybridized carbons (Fsp3) is 0.400. The van der Waals surface area contributed by atoms with E-state index < -0.39 is 10.0 Å². The molecule has 2 aliphatic rings. The van der Waals surface area contributed by atoms with Crippen molar-refractivity contribution >= 4 is 21.6 Å². The highest BCUT2D eigenvalue weighted by molar-refractivity contribution is 7.89. The molecule has 0 aromatic heterocycles. The van der Waals surface area contributed by atoms with Crippen molar-refractivity contribution in [2.24, 2.45) is 0 Å². The van der Waals surface area contributed by atoms with Gasteiger partial charge in [-0.2, -0.15) is 4.31 Å². The molecule has 4 rings (SSSR count). The fourth-order valence-corrected chi connectivity index (χ4v) is 5.13. The first-order chi connectivity index (χ1) is 13.5. The number of hydrogen-bond donors (Lipinski definition) is 0. The summed E-state index contributed by atoms with van der Waals surface area (Å²) in [5, 5.41) is 0.716. The number of benzene rings is 2. The number of hydrogen-bond acceptors (Lipinski definition) is 5. The second-order valence-corrected chi connectivity index (χ2v) is 9.34. The van der Waals surface area contributed by atoms with E-state index in [-0.39, 0.29) is 4.90 Å². The fourth-order valence-electron chi connectivity index (χ4n) is 3.47. The van der Waals surface area contributed by atoms with Crippen LogP contribution in [0.4, 0.5) is 0 Å². The molecule has 1 saturated heterocycles. The molecule has 8 heteroatoms. The second kappa shape index (κ2) is 8.29. The number of ether oxygens (including phenoxy) is 2. The Morgan fingerprint density at radius 1 is 0.929 bits per heavy atom. The van der Waals surface area contributed by atoms with Crippen LogP contribution in [0.2, 0.25) is 5.02 Å². The maximum atomic E-state index is 13.1. The molecule has 2 aromatic carbocycles. The molecule has 28 heavy (non-hydrogen) atoms. The molecule has 0 amide bonds. The van der Waals surface area contributed by atoms with Crippen LogP contribution in [0.1, 0.15) is 12.0 Å². The molecular weight excluding hydrogens is 400 g/mol. The van der Waals surface area contributed by atoms with Crippen LogP contribution in [-0.2, 0) is 16.6 Å². The first kappa shape index (κ1) is 19.5. The number of halogens is 1. The maximum Gasteiger partial charge on any atom is 0.243 e. The summed E-state index contributed by atoms with van der Waals surface area (Å²) in [5.41, 5.74) is 1.13. The van der Waals surface area contributed by atoms with Gasteiger partial charge in [-0.3, -0.25) is 4.90 Å². The van der Waals surface area contributed by atoms with Gasteiger partial charge in [0.25, 0.3) is 0 Å². The summed E-state index contributed by atoms with van der Waals surface area (Å²) in [5.74, 6) is 1.10. The number of sulfonamides is 1. The maximum absolute atomic E-state index is 13.1. The predicted molar refractivity (Wildman–Crippen MR) is 108 cm³/mol. The lowest BCUT2D eigenvalue weighted by atomic mass is 10.2. The van der Waals surface area contributed by atoms with Gasteiger partial charge in [0.1, 0.15) is 0 Å². The van der Waals surface area contributed by atoms with Crippen LogP contribution < -0.4 is 9.47 Å². The van der Waals surface area contributed by atoms with Crippen LogP contribution in [0.3, 0.4) is 0 Å². The lowest BCUT2D eigenvalue weighted by molar-refractivity contribution is 0.181. The lowest BCUT2D eigenvalue weighted by Crippen LogP contribution is -2.48. The van der Waals surface area contributed by atoms with Crippen molar-refractivity contribution in [3.63, 3.8) is 0 Å². The minimum atomic E-state index is -3.56. The third-order valence-corrected chi connectivity index (χ3v) is 7.11. The number of rotatable bonds is 4. The summed E-state index contributed by atoms with van der Waals surface area (Å²) in [4.78, 5) is 2.49. The van der Waals surface area contributed by atoms with E-state index in [1.165, 1.54) is 0 Å². The summed E-state index contributed by atoms with van der Waals surface area (Å²) in [6.07, 6.45) is 0.783. The van der Waals surface area contributed by atoms with E-state index in [4.69, 9.17) is 21.1 Å². The molecule has 0 spiro atoms. The highest BCUT2D eigenvalue weighted by atomic mass is 35.5. The van der Waals surface area contributed by atoms with Crippen molar-refractivity contribution in [1.82, 2.24) is 9.21 Å². The second-order valence-electron chi connectivity index (χ2n) is 6.97. The SMILES string of the molecule is O=S(=O)(c1ccc2c(c1)OCCCO2)N1CCN(Cc2cccc(Cl)c2)CC1. The van der Waals surface area contributed by atoms with Crippen molar-refractivity contribution in [2.75, 3.05) is 39.4 Å². The van der Waals surface area contributed by atoms with Gasteiger partial charge in [-0.25, -0.2) is 8.42 Å². The molecule has 0 radical (unpaired) electrons. The van der Waals surface area contributed by atoms with E-state index in [1.54, 1.807) is 22.5 Å². The summed E-state index contributed by atoms with van der Waals surface area (Å²) in [6, 6.07) is 12.6. The number of fused-ring (bicyclic) bond motifs is 1. The zero-order valence-corrected chi connectivity index (χ0v) is 17.1. The van der Waals surface area contributed by atoms with Gasteiger partial charge in [0.2, 0.25) is 10.0 Å². The van der Waals surface area contributed by atoms with Gasteiger partial charge in [0, 0.05) is 50.2 Å². The van der Waals surface area contributed by atoms with E-state index in [0.717, 1.165) is 18.5 Å². The quantitative estimate of drug-likeness (QED) is 0.758. The highest BCUT2D eigenvalue weighted by Gasteiger charge is 2.29. The minimum Gasteiger partial charge on any atom is -0.490 e. The molecule has 1 fully saturated rings. The van der Waals surface area contributed by atoms with E-state index in [2.05, 4.69) is 4.90 Å². The molecule has 0 atom stereocenters. The molecule has 2 aromatic rings. The normalized spacial score (nSPS) is 18.6. The van der Waals surface area contributed by atoms with Crippen LogP contribution in [0, 0.1) is 0 Å². The van der Waals surface area contributed by atoms with Gasteiger partial charge in [-0.15, -0.1) is 0 Å². The monoisotopic (exact) mass is 422 g/mol. The summed E-state index contributed by atoms with van der Waals surface area (Å²) >= 11 is 6.05.